The highest BCUT2D eigenvalue weighted by molar-refractivity contribution is 5.86. The Balaban J connectivity index is 2.46. The van der Waals surface area contributed by atoms with E-state index in [1.165, 1.54) is 6.92 Å². The summed E-state index contributed by atoms with van der Waals surface area (Å²) in [5.41, 5.74) is -0.345. The third-order valence-corrected chi connectivity index (χ3v) is 3.54. The van der Waals surface area contributed by atoms with Crippen molar-refractivity contribution in [2.45, 2.75) is 18.9 Å². The summed E-state index contributed by atoms with van der Waals surface area (Å²) in [7, 11) is 2.69. The molecule has 0 spiro atoms. The van der Waals surface area contributed by atoms with Gasteiger partial charge in [-0.05, 0) is 23.8 Å². The number of benzene rings is 1. The fraction of sp³-hybridized carbons (Fsp3) is 0.357. The zero-order valence-corrected chi connectivity index (χ0v) is 12.0. The first-order valence-corrected chi connectivity index (χ1v) is 6.29. The smallest absolute Gasteiger partial charge is 0.384 e. The van der Waals surface area contributed by atoms with Crippen molar-refractivity contribution in [3.8, 4) is 5.75 Å². The van der Waals surface area contributed by atoms with Crippen molar-refractivity contribution in [3.05, 3.63) is 40.1 Å². The molecule has 21 heavy (non-hydrogen) atoms. The number of rotatable bonds is 5. The summed E-state index contributed by atoms with van der Waals surface area (Å²) < 4.78 is 9.72. The first kappa shape index (κ1) is 14.8. The Kier molecular flexibility index (Phi) is 3.84. The molecule has 2 rings (SSSR count). The van der Waals surface area contributed by atoms with Gasteiger partial charge in [0.1, 0.15) is 5.75 Å². The maximum absolute atomic E-state index is 11.8. The highest BCUT2D eigenvalue weighted by Gasteiger charge is 2.47. The van der Waals surface area contributed by atoms with Gasteiger partial charge in [0.25, 0.3) is 0 Å². The number of esters is 1. The molecule has 0 amide bonds. The number of fused-ring (bicyclic) bond motifs is 1. The van der Waals surface area contributed by atoms with Gasteiger partial charge in [-0.1, -0.05) is 0 Å². The van der Waals surface area contributed by atoms with Crippen molar-refractivity contribution >= 4 is 16.9 Å². The normalized spacial score (nSPS) is 13.7. The largest absolute Gasteiger partial charge is 0.497 e. The molecule has 0 aliphatic heterocycles. The summed E-state index contributed by atoms with van der Waals surface area (Å²) in [5.74, 6) is -0.228. The number of hydrogen-bond donors (Lipinski definition) is 1. The van der Waals surface area contributed by atoms with E-state index in [0.29, 0.717) is 11.3 Å². The molecule has 112 valence electrons. The van der Waals surface area contributed by atoms with Crippen LogP contribution in [-0.4, -0.2) is 35.6 Å². The van der Waals surface area contributed by atoms with Crippen LogP contribution in [0.5, 0.6) is 5.75 Å². The minimum absolute atomic E-state index is 0.0696. The minimum atomic E-state index is -1.83. The summed E-state index contributed by atoms with van der Waals surface area (Å²) in [4.78, 5) is 25.5. The lowest BCUT2D eigenvalue weighted by Gasteiger charge is -2.17. The Morgan fingerprint density at radius 3 is 2.71 bits per heavy atom. The maximum atomic E-state index is 11.8. The monoisotopic (exact) mass is 292 g/mol. The molecule has 0 saturated heterocycles. The maximum Gasteiger partial charge on any atom is 0.384 e. The van der Waals surface area contributed by atoms with Gasteiger partial charge in [-0.3, -0.25) is 10.1 Å². The van der Waals surface area contributed by atoms with E-state index in [1.54, 1.807) is 25.4 Å². The second-order valence-corrected chi connectivity index (χ2v) is 4.92. The molecule has 7 nitrogen and oxygen atoms in total. The van der Waals surface area contributed by atoms with Gasteiger partial charge in [0.2, 0.25) is 0 Å². The van der Waals surface area contributed by atoms with Crippen LogP contribution >= 0.6 is 0 Å². The van der Waals surface area contributed by atoms with Crippen LogP contribution in [0.2, 0.25) is 0 Å². The van der Waals surface area contributed by atoms with Crippen LogP contribution < -0.4 is 4.74 Å². The molecule has 1 aromatic carbocycles. The van der Waals surface area contributed by atoms with Crippen molar-refractivity contribution in [1.29, 1.82) is 0 Å². The van der Waals surface area contributed by atoms with Crippen LogP contribution in [0, 0.1) is 10.1 Å². The van der Waals surface area contributed by atoms with Gasteiger partial charge in [0, 0.05) is 28.9 Å². The molecule has 1 atom stereocenters. The zero-order valence-electron chi connectivity index (χ0n) is 12.0. The van der Waals surface area contributed by atoms with Gasteiger partial charge in [0.05, 0.1) is 20.6 Å². The van der Waals surface area contributed by atoms with Gasteiger partial charge in [-0.15, -0.1) is 0 Å². The van der Waals surface area contributed by atoms with E-state index in [9.17, 15) is 14.9 Å². The second kappa shape index (κ2) is 5.43. The van der Waals surface area contributed by atoms with Crippen LogP contribution in [0.3, 0.4) is 0 Å². The standard InChI is InChI=1S/C14H16N2O5/c1-14(16(18)19,13(17)21-3)7-9-8-15-12-5-4-10(20-2)6-11(9)12/h4-6,8,15H,7H2,1-3H3. The van der Waals surface area contributed by atoms with Crippen LogP contribution in [-0.2, 0) is 16.0 Å². The van der Waals surface area contributed by atoms with Crippen LogP contribution in [0.4, 0.5) is 0 Å². The number of H-pyrrole nitrogens is 1. The van der Waals surface area contributed by atoms with Gasteiger partial charge >= 0.3 is 11.5 Å². The van der Waals surface area contributed by atoms with Crippen LogP contribution in [0.1, 0.15) is 12.5 Å². The third kappa shape index (κ3) is 2.54. The Hall–Kier alpha value is -2.57. The molecule has 0 aliphatic rings. The van der Waals surface area contributed by atoms with Gasteiger partial charge in [-0.2, -0.15) is 0 Å². The predicted octanol–water partition coefficient (Wildman–Crippen LogP) is 1.93. The average molecular weight is 292 g/mol. The highest BCUT2D eigenvalue weighted by atomic mass is 16.6. The Bertz CT molecular complexity index is 694. The summed E-state index contributed by atoms with van der Waals surface area (Å²) in [6, 6.07) is 5.38. The molecular formula is C14H16N2O5. The van der Waals surface area contributed by atoms with Crippen molar-refractivity contribution in [1.82, 2.24) is 4.98 Å². The number of carbonyl (C=O) groups is 1. The van der Waals surface area contributed by atoms with Gasteiger partial charge < -0.3 is 14.5 Å². The van der Waals surface area contributed by atoms with E-state index >= 15 is 0 Å². The number of aromatic nitrogens is 1. The Labute approximate surface area is 121 Å². The topological polar surface area (TPSA) is 94.5 Å². The molecule has 0 bridgehead atoms. The summed E-state index contributed by atoms with van der Waals surface area (Å²) in [5, 5.41) is 12.1. The number of aromatic amines is 1. The molecule has 0 fully saturated rings. The number of nitrogens with zero attached hydrogens (tertiary/aromatic N) is 1. The SMILES string of the molecule is COC(=O)C(C)(Cc1c[nH]c2ccc(OC)cc12)[N+](=O)[O-]. The van der Waals surface area contributed by atoms with Crippen molar-refractivity contribution < 1.29 is 19.2 Å². The zero-order chi connectivity index (χ0) is 15.6. The van der Waals surface area contributed by atoms with Crippen molar-refractivity contribution in [2.24, 2.45) is 0 Å². The lowest BCUT2D eigenvalue weighted by atomic mass is 9.93. The van der Waals surface area contributed by atoms with E-state index in [4.69, 9.17) is 4.74 Å². The molecule has 1 aromatic heterocycles. The van der Waals surface area contributed by atoms with Crippen LogP contribution in [0.15, 0.2) is 24.4 Å². The predicted molar refractivity (Wildman–Crippen MR) is 76.0 cm³/mol. The molecule has 0 radical (unpaired) electrons. The summed E-state index contributed by atoms with van der Waals surface area (Å²) in [6.45, 7) is 1.26. The Morgan fingerprint density at radius 1 is 1.43 bits per heavy atom. The number of nitrogens with one attached hydrogen (secondary N) is 1. The number of nitro groups is 1. The Morgan fingerprint density at radius 2 is 2.14 bits per heavy atom. The van der Waals surface area contributed by atoms with E-state index < -0.39 is 16.4 Å². The molecule has 7 heteroatoms. The molecule has 2 aromatic rings. The number of hydrogen-bond acceptors (Lipinski definition) is 5. The lowest BCUT2D eigenvalue weighted by Crippen LogP contribution is -2.46. The summed E-state index contributed by atoms with van der Waals surface area (Å²) in [6.07, 6.45) is 1.59. The first-order valence-electron chi connectivity index (χ1n) is 6.29. The minimum Gasteiger partial charge on any atom is -0.497 e. The molecular weight excluding hydrogens is 276 g/mol. The van der Waals surface area contributed by atoms with Crippen molar-refractivity contribution in [2.75, 3.05) is 14.2 Å². The number of carbonyl (C=O) groups excluding carboxylic acids is 1. The molecule has 0 aliphatic carbocycles. The van der Waals surface area contributed by atoms with E-state index in [1.807, 2.05) is 6.07 Å². The highest BCUT2D eigenvalue weighted by Crippen LogP contribution is 2.28. The fourth-order valence-corrected chi connectivity index (χ4v) is 2.23. The van der Waals surface area contributed by atoms with Crippen molar-refractivity contribution in [3.63, 3.8) is 0 Å². The lowest BCUT2D eigenvalue weighted by molar-refractivity contribution is -0.550. The van der Waals surface area contributed by atoms with Crippen LogP contribution in [0.25, 0.3) is 10.9 Å². The molecule has 1 heterocycles. The number of methoxy groups -OCH3 is 2. The first-order chi connectivity index (χ1) is 9.92. The molecule has 1 N–H and O–H groups in total. The summed E-state index contributed by atoms with van der Waals surface area (Å²) >= 11 is 0. The molecule has 1 unspecified atom stereocenters. The average Bonchev–Trinajstić information content (AvgIpc) is 2.88. The second-order valence-electron chi connectivity index (χ2n) is 4.92. The number of ether oxygens (including phenoxy) is 2. The van der Waals surface area contributed by atoms with Gasteiger partial charge in [0.15, 0.2) is 0 Å². The quantitative estimate of drug-likeness (QED) is 0.516. The van der Waals surface area contributed by atoms with E-state index in [2.05, 4.69) is 9.72 Å². The van der Waals surface area contributed by atoms with E-state index in [-0.39, 0.29) is 6.42 Å². The molecule has 0 saturated carbocycles. The van der Waals surface area contributed by atoms with E-state index in [0.717, 1.165) is 18.0 Å². The third-order valence-electron chi connectivity index (χ3n) is 3.54. The van der Waals surface area contributed by atoms with Gasteiger partial charge in [-0.25, -0.2) is 4.79 Å². The fourth-order valence-electron chi connectivity index (χ4n) is 2.23.